The lowest BCUT2D eigenvalue weighted by molar-refractivity contribution is -0.143. The van der Waals surface area contributed by atoms with Crippen molar-refractivity contribution in [3.63, 3.8) is 0 Å². The van der Waals surface area contributed by atoms with E-state index in [-0.39, 0.29) is 18.4 Å². The molecule has 1 amide bonds. The van der Waals surface area contributed by atoms with Gasteiger partial charge in [0, 0.05) is 26.3 Å². The SMILES string of the molecule is CC1CN(C(=O)C2(N)CCOCC2)CC1C(=O)O. The molecule has 18 heavy (non-hydrogen) atoms. The van der Waals surface area contributed by atoms with E-state index in [9.17, 15) is 9.59 Å². The Morgan fingerprint density at radius 3 is 2.44 bits per heavy atom. The second kappa shape index (κ2) is 4.85. The van der Waals surface area contributed by atoms with Gasteiger partial charge < -0.3 is 20.5 Å². The molecule has 2 aliphatic heterocycles. The van der Waals surface area contributed by atoms with Gasteiger partial charge in [0.1, 0.15) is 0 Å². The van der Waals surface area contributed by atoms with E-state index in [1.54, 1.807) is 4.90 Å². The van der Waals surface area contributed by atoms with E-state index in [1.165, 1.54) is 0 Å². The Balaban J connectivity index is 2.04. The van der Waals surface area contributed by atoms with Crippen LogP contribution in [-0.4, -0.2) is 53.7 Å². The Kier molecular flexibility index (Phi) is 3.59. The molecule has 2 saturated heterocycles. The van der Waals surface area contributed by atoms with Gasteiger partial charge in [-0.25, -0.2) is 0 Å². The minimum Gasteiger partial charge on any atom is -0.481 e. The maximum absolute atomic E-state index is 12.4. The van der Waals surface area contributed by atoms with Gasteiger partial charge in [-0.2, -0.15) is 0 Å². The zero-order valence-electron chi connectivity index (χ0n) is 10.6. The van der Waals surface area contributed by atoms with Gasteiger partial charge in [0.15, 0.2) is 0 Å². The predicted molar refractivity (Wildman–Crippen MR) is 63.8 cm³/mol. The molecule has 2 atom stereocenters. The van der Waals surface area contributed by atoms with Crippen molar-refractivity contribution >= 4 is 11.9 Å². The van der Waals surface area contributed by atoms with Gasteiger partial charge >= 0.3 is 5.97 Å². The van der Waals surface area contributed by atoms with Gasteiger partial charge in [-0.05, 0) is 18.8 Å². The Morgan fingerprint density at radius 1 is 1.33 bits per heavy atom. The first-order valence-electron chi connectivity index (χ1n) is 6.33. The predicted octanol–water partition coefficient (Wildman–Crippen LogP) is -0.327. The molecule has 2 rings (SSSR count). The Morgan fingerprint density at radius 2 is 1.94 bits per heavy atom. The standard InChI is InChI=1S/C12H20N2O4/c1-8-6-14(7-9(8)10(15)16)11(17)12(13)2-4-18-5-3-12/h8-9H,2-7,13H2,1H3,(H,15,16). The Bertz CT molecular complexity index is 352. The third-order valence-corrected chi connectivity index (χ3v) is 4.03. The van der Waals surface area contributed by atoms with Crippen LogP contribution in [0.25, 0.3) is 0 Å². The van der Waals surface area contributed by atoms with Crippen molar-refractivity contribution in [2.75, 3.05) is 26.3 Å². The quantitative estimate of drug-likeness (QED) is 0.706. The van der Waals surface area contributed by atoms with Gasteiger partial charge in [0.2, 0.25) is 5.91 Å². The molecular weight excluding hydrogens is 236 g/mol. The fourth-order valence-corrected chi connectivity index (χ4v) is 2.72. The van der Waals surface area contributed by atoms with Gasteiger partial charge in [-0.1, -0.05) is 6.92 Å². The molecule has 2 heterocycles. The van der Waals surface area contributed by atoms with E-state index in [2.05, 4.69) is 0 Å². The van der Waals surface area contributed by atoms with Crippen LogP contribution in [-0.2, 0) is 14.3 Å². The molecule has 0 aromatic heterocycles. The first-order valence-corrected chi connectivity index (χ1v) is 6.33. The normalized spacial score (nSPS) is 31.3. The summed E-state index contributed by atoms with van der Waals surface area (Å²) in [6, 6.07) is 0. The Labute approximate surface area is 106 Å². The maximum atomic E-state index is 12.4. The molecule has 0 aliphatic carbocycles. The first kappa shape index (κ1) is 13.3. The van der Waals surface area contributed by atoms with Crippen LogP contribution in [0.15, 0.2) is 0 Å². The van der Waals surface area contributed by atoms with Crippen molar-refractivity contribution in [3.05, 3.63) is 0 Å². The van der Waals surface area contributed by atoms with Crippen LogP contribution >= 0.6 is 0 Å². The third-order valence-electron chi connectivity index (χ3n) is 4.03. The lowest BCUT2D eigenvalue weighted by atomic mass is 9.90. The maximum Gasteiger partial charge on any atom is 0.308 e. The van der Waals surface area contributed by atoms with Crippen LogP contribution in [0, 0.1) is 11.8 Å². The highest BCUT2D eigenvalue weighted by Crippen LogP contribution is 2.28. The largest absolute Gasteiger partial charge is 0.481 e. The lowest BCUT2D eigenvalue weighted by Gasteiger charge is -2.35. The van der Waals surface area contributed by atoms with E-state index in [4.69, 9.17) is 15.6 Å². The molecule has 0 saturated carbocycles. The molecule has 0 spiro atoms. The summed E-state index contributed by atoms with van der Waals surface area (Å²) in [5.41, 5.74) is 5.26. The van der Waals surface area contributed by atoms with E-state index < -0.39 is 17.4 Å². The highest BCUT2D eigenvalue weighted by molar-refractivity contribution is 5.87. The average Bonchev–Trinajstić information content (AvgIpc) is 2.71. The van der Waals surface area contributed by atoms with Crippen molar-refractivity contribution in [1.82, 2.24) is 4.90 Å². The number of carbonyl (C=O) groups excluding carboxylic acids is 1. The molecule has 0 aromatic carbocycles. The zero-order valence-corrected chi connectivity index (χ0v) is 10.6. The summed E-state index contributed by atoms with van der Waals surface area (Å²) in [7, 11) is 0. The van der Waals surface area contributed by atoms with Crippen LogP contribution in [0.2, 0.25) is 0 Å². The lowest BCUT2D eigenvalue weighted by Crippen LogP contribution is -2.57. The fraction of sp³-hybridized carbons (Fsp3) is 0.833. The second-order valence-electron chi connectivity index (χ2n) is 5.40. The zero-order chi connectivity index (χ0) is 13.3. The van der Waals surface area contributed by atoms with Crippen molar-refractivity contribution in [1.29, 1.82) is 0 Å². The summed E-state index contributed by atoms with van der Waals surface area (Å²) in [5, 5.41) is 9.07. The fourth-order valence-electron chi connectivity index (χ4n) is 2.72. The minimum atomic E-state index is -0.870. The number of rotatable bonds is 2. The second-order valence-corrected chi connectivity index (χ2v) is 5.40. The molecule has 0 radical (unpaired) electrons. The van der Waals surface area contributed by atoms with Gasteiger partial charge in [-0.3, -0.25) is 9.59 Å². The summed E-state index contributed by atoms with van der Waals surface area (Å²) in [4.78, 5) is 25.0. The number of nitrogens with zero attached hydrogens (tertiary/aromatic N) is 1. The topological polar surface area (TPSA) is 92.9 Å². The van der Waals surface area contributed by atoms with Gasteiger partial charge in [0.05, 0.1) is 11.5 Å². The summed E-state index contributed by atoms with van der Waals surface area (Å²) in [5.74, 6) is -1.45. The van der Waals surface area contributed by atoms with Crippen molar-refractivity contribution in [3.8, 4) is 0 Å². The molecule has 6 heteroatoms. The highest BCUT2D eigenvalue weighted by atomic mass is 16.5. The number of hydrogen-bond acceptors (Lipinski definition) is 4. The number of nitrogens with two attached hydrogens (primary N) is 1. The van der Waals surface area contributed by atoms with E-state index in [0.29, 0.717) is 32.6 Å². The number of carbonyl (C=O) groups is 2. The number of likely N-dealkylation sites (tertiary alicyclic amines) is 1. The van der Waals surface area contributed by atoms with Gasteiger partial charge in [-0.15, -0.1) is 0 Å². The molecule has 2 unspecified atom stereocenters. The Hall–Kier alpha value is -1.14. The van der Waals surface area contributed by atoms with Crippen LogP contribution in [0.5, 0.6) is 0 Å². The number of hydrogen-bond donors (Lipinski definition) is 2. The van der Waals surface area contributed by atoms with E-state index in [0.717, 1.165) is 0 Å². The molecule has 2 aliphatic rings. The molecule has 102 valence electrons. The number of ether oxygens (including phenoxy) is 1. The number of carboxylic acids is 1. The molecule has 6 nitrogen and oxygen atoms in total. The third kappa shape index (κ3) is 2.35. The summed E-state index contributed by atoms with van der Waals surface area (Å²) in [6.07, 6.45) is 1.02. The average molecular weight is 256 g/mol. The summed E-state index contributed by atoms with van der Waals surface area (Å²) < 4.78 is 5.21. The first-order chi connectivity index (χ1) is 8.44. The van der Waals surface area contributed by atoms with Crippen LogP contribution in [0.4, 0.5) is 0 Å². The molecule has 3 N–H and O–H groups in total. The van der Waals surface area contributed by atoms with Crippen LogP contribution in [0.3, 0.4) is 0 Å². The smallest absolute Gasteiger partial charge is 0.308 e. The van der Waals surface area contributed by atoms with Gasteiger partial charge in [0.25, 0.3) is 0 Å². The molecule has 2 fully saturated rings. The summed E-state index contributed by atoms with van der Waals surface area (Å²) in [6.45, 7) is 3.60. The number of amides is 1. The van der Waals surface area contributed by atoms with Crippen molar-refractivity contribution < 1.29 is 19.4 Å². The monoisotopic (exact) mass is 256 g/mol. The molecule has 0 aromatic rings. The minimum absolute atomic E-state index is 0.0186. The number of carboxylic acid groups (broad SMARTS) is 1. The van der Waals surface area contributed by atoms with Crippen molar-refractivity contribution in [2.45, 2.75) is 25.3 Å². The highest BCUT2D eigenvalue weighted by Gasteiger charge is 2.44. The van der Waals surface area contributed by atoms with E-state index >= 15 is 0 Å². The molecular formula is C12H20N2O4. The van der Waals surface area contributed by atoms with Crippen LogP contribution in [0.1, 0.15) is 19.8 Å². The van der Waals surface area contributed by atoms with E-state index in [1.807, 2.05) is 6.92 Å². The number of aliphatic carboxylic acids is 1. The van der Waals surface area contributed by atoms with Crippen molar-refractivity contribution in [2.24, 2.45) is 17.6 Å². The van der Waals surface area contributed by atoms with Crippen LogP contribution < -0.4 is 5.73 Å². The summed E-state index contributed by atoms with van der Waals surface area (Å²) >= 11 is 0. The molecule has 0 bridgehead atoms.